The van der Waals surface area contributed by atoms with Gasteiger partial charge in [0, 0.05) is 23.5 Å². The Kier molecular flexibility index (Phi) is 10.3. The molecule has 182 valence electrons. The number of furan rings is 1. The number of hydrogen-bond acceptors (Lipinski definition) is 5. The second kappa shape index (κ2) is 13.4. The lowest BCUT2D eigenvalue weighted by Crippen LogP contribution is -2.00. The molecule has 0 aliphatic carbocycles. The van der Waals surface area contributed by atoms with Gasteiger partial charge in [-0.1, -0.05) is 78.1 Å². The lowest BCUT2D eigenvalue weighted by molar-refractivity contribution is 0.305. The quantitative estimate of drug-likeness (QED) is 0.203. The highest BCUT2D eigenvalue weighted by Crippen LogP contribution is 2.40. The molecule has 3 aromatic rings. The van der Waals surface area contributed by atoms with Crippen molar-refractivity contribution in [2.24, 2.45) is 0 Å². The van der Waals surface area contributed by atoms with Crippen LogP contribution in [0.25, 0.3) is 22.2 Å². The van der Waals surface area contributed by atoms with Gasteiger partial charge in [-0.2, -0.15) is 0 Å². The number of rotatable bonds is 16. The summed E-state index contributed by atoms with van der Waals surface area (Å²) in [6, 6.07) is 4.01. The molecule has 0 atom stereocenters. The van der Waals surface area contributed by atoms with Gasteiger partial charge >= 0.3 is 0 Å². The Morgan fingerprint density at radius 2 is 1.00 bits per heavy atom. The van der Waals surface area contributed by atoms with Gasteiger partial charge in [-0.3, -0.25) is 0 Å². The molecule has 5 nitrogen and oxygen atoms in total. The fraction of sp³-hybridized carbons (Fsp3) is 0.643. The molecule has 0 spiro atoms. The van der Waals surface area contributed by atoms with Crippen LogP contribution in [-0.4, -0.2) is 23.2 Å². The van der Waals surface area contributed by atoms with Crippen molar-refractivity contribution in [3.8, 4) is 11.5 Å². The van der Waals surface area contributed by atoms with Crippen LogP contribution in [-0.2, 0) is 0 Å². The highest BCUT2D eigenvalue weighted by Gasteiger charge is 2.20. The maximum atomic E-state index is 6.26. The van der Waals surface area contributed by atoms with Crippen LogP contribution in [0.2, 0.25) is 0 Å². The van der Waals surface area contributed by atoms with Crippen molar-refractivity contribution >= 4 is 22.2 Å². The first-order chi connectivity index (χ1) is 16.1. The maximum Gasteiger partial charge on any atom is 0.233 e. The van der Waals surface area contributed by atoms with Gasteiger partial charge in [0.05, 0.1) is 24.0 Å². The standard InChI is InChI=1S/C28H42N2O3/c1-5-7-9-11-13-15-17-31-23-19-21(3)29-27-25(23)26-24(20-22(4)30-28(26)33-27)32-18-16-14-12-10-8-6-2/h19-20H,5-18H2,1-4H3. The summed E-state index contributed by atoms with van der Waals surface area (Å²) in [7, 11) is 0. The molecule has 0 amide bonds. The topological polar surface area (TPSA) is 57.4 Å². The lowest BCUT2D eigenvalue weighted by Gasteiger charge is -2.11. The summed E-state index contributed by atoms with van der Waals surface area (Å²) in [4.78, 5) is 9.24. The largest absolute Gasteiger partial charge is 0.493 e. The fourth-order valence-electron chi connectivity index (χ4n) is 4.29. The Morgan fingerprint density at radius 3 is 1.42 bits per heavy atom. The van der Waals surface area contributed by atoms with E-state index < -0.39 is 0 Å². The second-order valence-electron chi connectivity index (χ2n) is 9.22. The highest BCUT2D eigenvalue weighted by molar-refractivity contribution is 6.09. The Hall–Kier alpha value is -2.30. The predicted octanol–water partition coefficient (Wildman–Crippen LogP) is 8.47. The SMILES string of the molecule is CCCCCCCCOc1cc(C)nc2oc3nc(C)cc(OCCCCCCCC)c3c12. The molecule has 0 bridgehead atoms. The van der Waals surface area contributed by atoms with E-state index in [0.29, 0.717) is 24.6 Å². The number of hydrogen-bond donors (Lipinski definition) is 0. The molecule has 0 aliphatic heterocycles. The molecule has 33 heavy (non-hydrogen) atoms. The summed E-state index contributed by atoms with van der Waals surface area (Å²) in [5.41, 5.74) is 2.91. The first kappa shape index (κ1) is 25.3. The first-order valence-corrected chi connectivity index (χ1v) is 13.1. The van der Waals surface area contributed by atoms with E-state index in [1.807, 2.05) is 26.0 Å². The predicted molar refractivity (Wildman–Crippen MR) is 137 cm³/mol. The molecule has 0 aromatic carbocycles. The Balaban J connectivity index is 1.74. The molecule has 0 aliphatic rings. The monoisotopic (exact) mass is 454 g/mol. The minimum Gasteiger partial charge on any atom is -0.493 e. The van der Waals surface area contributed by atoms with Gasteiger partial charge in [-0.05, 0) is 26.7 Å². The molecule has 0 unspecified atom stereocenters. The highest BCUT2D eigenvalue weighted by atomic mass is 16.5. The summed E-state index contributed by atoms with van der Waals surface area (Å²) in [6.45, 7) is 9.83. The third-order valence-corrected chi connectivity index (χ3v) is 6.11. The van der Waals surface area contributed by atoms with E-state index >= 15 is 0 Å². The van der Waals surface area contributed by atoms with Gasteiger partial charge in [0.1, 0.15) is 11.5 Å². The average Bonchev–Trinajstić information content (AvgIpc) is 3.15. The molecule has 3 aromatic heterocycles. The van der Waals surface area contributed by atoms with Crippen molar-refractivity contribution in [3.05, 3.63) is 23.5 Å². The second-order valence-corrected chi connectivity index (χ2v) is 9.22. The van der Waals surface area contributed by atoms with Crippen LogP contribution in [0.3, 0.4) is 0 Å². The van der Waals surface area contributed by atoms with Crippen LogP contribution in [0.15, 0.2) is 16.5 Å². The molecule has 0 saturated carbocycles. The fourth-order valence-corrected chi connectivity index (χ4v) is 4.29. The zero-order valence-electron chi connectivity index (χ0n) is 21.2. The third kappa shape index (κ3) is 7.35. The molecule has 0 radical (unpaired) electrons. The normalized spacial score (nSPS) is 11.5. The van der Waals surface area contributed by atoms with Gasteiger partial charge in [-0.15, -0.1) is 0 Å². The molecular weight excluding hydrogens is 412 g/mol. The summed E-state index contributed by atoms with van der Waals surface area (Å²) >= 11 is 0. The van der Waals surface area contributed by atoms with Crippen molar-refractivity contribution in [2.75, 3.05) is 13.2 Å². The van der Waals surface area contributed by atoms with Crippen molar-refractivity contribution in [2.45, 2.75) is 105 Å². The van der Waals surface area contributed by atoms with Crippen LogP contribution in [0.4, 0.5) is 0 Å². The van der Waals surface area contributed by atoms with E-state index in [0.717, 1.165) is 46.5 Å². The van der Waals surface area contributed by atoms with Crippen LogP contribution < -0.4 is 9.47 Å². The molecule has 0 fully saturated rings. The zero-order chi connectivity index (χ0) is 23.5. The minimum atomic E-state index is 0.575. The van der Waals surface area contributed by atoms with Gasteiger partial charge in [0.15, 0.2) is 0 Å². The van der Waals surface area contributed by atoms with Gasteiger partial charge < -0.3 is 13.9 Å². The number of aromatic nitrogens is 2. The van der Waals surface area contributed by atoms with Crippen molar-refractivity contribution in [1.82, 2.24) is 9.97 Å². The van der Waals surface area contributed by atoms with E-state index in [4.69, 9.17) is 13.9 Å². The van der Waals surface area contributed by atoms with Crippen LogP contribution >= 0.6 is 0 Å². The number of pyridine rings is 2. The summed E-state index contributed by atoms with van der Waals surface area (Å²) in [5, 5.41) is 1.76. The molecule has 5 heteroatoms. The van der Waals surface area contributed by atoms with E-state index in [9.17, 15) is 0 Å². The average molecular weight is 455 g/mol. The van der Waals surface area contributed by atoms with E-state index in [-0.39, 0.29) is 0 Å². The summed E-state index contributed by atoms with van der Waals surface area (Å²) in [6.07, 6.45) is 14.9. The van der Waals surface area contributed by atoms with E-state index in [2.05, 4.69) is 23.8 Å². The number of unbranched alkanes of at least 4 members (excludes halogenated alkanes) is 10. The van der Waals surface area contributed by atoms with Gasteiger partial charge in [0.2, 0.25) is 11.4 Å². The number of nitrogens with zero attached hydrogens (tertiary/aromatic N) is 2. The number of aryl methyl sites for hydroxylation is 2. The van der Waals surface area contributed by atoms with Crippen molar-refractivity contribution < 1.29 is 13.9 Å². The molecule has 3 heterocycles. The van der Waals surface area contributed by atoms with Crippen molar-refractivity contribution in [1.29, 1.82) is 0 Å². The summed E-state index contributed by atoms with van der Waals surface area (Å²) in [5.74, 6) is 1.64. The van der Waals surface area contributed by atoms with E-state index in [1.165, 1.54) is 64.2 Å². The number of ether oxygens (including phenoxy) is 2. The van der Waals surface area contributed by atoms with Crippen LogP contribution in [0, 0.1) is 13.8 Å². The maximum absolute atomic E-state index is 6.26. The van der Waals surface area contributed by atoms with Gasteiger partial charge in [-0.25, -0.2) is 9.97 Å². The summed E-state index contributed by atoms with van der Waals surface area (Å²) < 4.78 is 18.6. The smallest absolute Gasteiger partial charge is 0.233 e. The Morgan fingerprint density at radius 1 is 0.606 bits per heavy atom. The first-order valence-electron chi connectivity index (χ1n) is 13.1. The van der Waals surface area contributed by atoms with Gasteiger partial charge in [0.25, 0.3) is 0 Å². The van der Waals surface area contributed by atoms with Crippen molar-refractivity contribution in [3.63, 3.8) is 0 Å². The number of fused-ring (bicyclic) bond motifs is 3. The molecular formula is C28H42N2O3. The Bertz CT molecular complexity index is 918. The minimum absolute atomic E-state index is 0.575. The molecule has 0 saturated heterocycles. The van der Waals surface area contributed by atoms with Crippen LogP contribution in [0.1, 0.15) is 102 Å². The van der Waals surface area contributed by atoms with E-state index in [1.54, 1.807) is 0 Å². The Labute approximate surface area is 199 Å². The zero-order valence-corrected chi connectivity index (χ0v) is 21.2. The molecule has 3 rings (SSSR count). The van der Waals surface area contributed by atoms with Crippen LogP contribution in [0.5, 0.6) is 11.5 Å². The third-order valence-electron chi connectivity index (χ3n) is 6.11. The molecule has 0 N–H and O–H groups in total. The lowest BCUT2D eigenvalue weighted by atomic mass is 10.1.